The van der Waals surface area contributed by atoms with Crippen LogP contribution in [0.15, 0.2) is 24.3 Å². The van der Waals surface area contributed by atoms with Gasteiger partial charge in [0, 0.05) is 32.2 Å². The lowest BCUT2D eigenvalue weighted by molar-refractivity contribution is 0.121. The largest absolute Gasteiger partial charge is 0.354 e. The Balaban J connectivity index is 1.65. The highest BCUT2D eigenvalue weighted by Crippen LogP contribution is 2.14. The van der Waals surface area contributed by atoms with E-state index in [1.807, 2.05) is 24.3 Å². The highest BCUT2D eigenvalue weighted by molar-refractivity contribution is 5.77. The van der Waals surface area contributed by atoms with E-state index in [1.165, 1.54) is 0 Å². The highest BCUT2D eigenvalue weighted by atomic mass is 15.3. The number of hydrogen-bond acceptors (Lipinski definition) is 4. The molecule has 0 radical (unpaired) electrons. The van der Waals surface area contributed by atoms with Crippen molar-refractivity contribution in [3.05, 3.63) is 24.3 Å². The van der Waals surface area contributed by atoms with Crippen molar-refractivity contribution in [3.8, 4) is 0 Å². The van der Waals surface area contributed by atoms with Gasteiger partial charge in [0.25, 0.3) is 0 Å². The lowest BCUT2D eigenvalue weighted by atomic mass is 10.2. The highest BCUT2D eigenvalue weighted by Gasteiger charge is 2.21. The first-order valence-corrected chi connectivity index (χ1v) is 6.80. The SMILES string of the molecule is CN1CCN(C)C(CNc2nc3ccccc3[nH]2)C1. The van der Waals surface area contributed by atoms with Crippen molar-refractivity contribution in [1.82, 2.24) is 19.8 Å². The molecule has 19 heavy (non-hydrogen) atoms. The van der Waals surface area contributed by atoms with E-state index in [2.05, 4.69) is 39.2 Å². The summed E-state index contributed by atoms with van der Waals surface area (Å²) in [6.07, 6.45) is 0. The molecular formula is C14H21N5. The van der Waals surface area contributed by atoms with E-state index < -0.39 is 0 Å². The molecule has 1 aromatic carbocycles. The number of hydrogen-bond donors (Lipinski definition) is 2. The predicted molar refractivity (Wildman–Crippen MR) is 78.5 cm³/mol. The van der Waals surface area contributed by atoms with E-state index in [0.717, 1.165) is 43.2 Å². The molecule has 2 heterocycles. The molecular weight excluding hydrogens is 238 g/mol. The molecule has 2 aromatic rings. The fraction of sp³-hybridized carbons (Fsp3) is 0.500. The molecule has 3 rings (SSSR count). The average Bonchev–Trinajstić information content (AvgIpc) is 2.82. The third kappa shape index (κ3) is 2.72. The van der Waals surface area contributed by atoms with E-state index in [1.54, 1.807) is 0 Å². The zero-order chi connectivity index (χ0) is 13.2. The standard InChI is InChI=1S/C14H21N5/c1-18-7-8-19(2)11(10-18)9-15-14-16-12-5-3-4-6-13(12)17-14/h3-6,11H,7-10H2,1-2H3,(H2,15,16,17). The molecule has 1 aliphatic rings. The summed E-state index contributed by atoms with van der Waals surface area (Å²) >= 11 is 0. The van der Waals surface area contributed by atoms with Crippen molar-refractivity contribution in [1.29, 1.82) is 0 Å². The molecule has 0 saturated carbocycles. The minimum atomic E-state index is 0.534. The van der Waals surface area contributed by atoms with Gasteiger partial charge < -0.3 is 15.2 Å². The molecule has 1 saturated heterocycles. The van der Waals surface area contributed by atoms with Crippen LogP contribution in [0.4, 0.5) is 5.95 Å². The maximum Gasteiger partial charge on any atom is 0.201 e. The smallest absolute Gasteiger partial charge is 0.201 e. The summed E-state index contributed by atoms with van der Waals surface area (Å²) in [5.74, 6) is 0.864. The van der Waals surface area contributed by atoms with Crippen LogP contribution in [-0.2, 0) is 0 Å². The quantitative estimate of drug-likeness (QED) is 0.870. The molecule has 5 heteroatoms. The van der Waals surface area contributed by atoms with Crippen molar-refractivity contribution < 1.29 is 0 Å². The Morgan fingerprint density at radius 1 is 1.32 bits per heavy atom. The van der Waals surface area contributed by atoms with E-state index in [9.17, 15) is 0 Å². The summed E-state index contributed by atoms with van der Waals surface area (Å²) in [5, 5.41) is 3.42. The van der Waals surface area contributed by atoms with Gasteiger partial charge in [-0.2, -0.15) is 0 Å². The number of piperazine rings is 1. The van der Waals surface area contributed by atoms with Gasteiger partial charge in [0.2, 0.25) is 5.95 Å². The molecule has 102 valence electrons. The van der Waals surface area contributed by atoms with Crippen LogP contribution in [0, 0.1) is 0 Å². The molecule has 0 bridgehead atoms. The number of H-pyrrole nitrogens is 1. The first-order valence-electron chi connectivity index (χ1n) is 6.80. The fourth-order valence-corrected chi connectivity index (χ4v) is 2.57. The van der Waals surface area contributed by atoms with Gasteiger partial charge in [-0.25, -0.2) is 4.98 Å². The average molecular weight is 259 g/mol. The van der Waals surface area contributed by atoms with E-state index in [4.69, 9.17) is 0 Å². The van der Waals surface area contributed by atoms with Gasteiger partial charge in [-0.15, -0.1) is 0 Å². The van der Waals surface area contributed by atoms with Crippen molar-refractivity contribution in [2.45, 2.75) is 6.04 Å². The predicted octanol–water partition coefficient (Wildman–Crippen LogP) is 1.22. The van der Waals surface area contributed by atoms with Crippen molar-refractivity contribution in [2.75, 3.05) is 45.6 Å². The summed E-state index contributed by atoms with van der Waals surface area (Å²) in [6.45, 7) is 4.30. The molecule has 1 unspecified atom stereocenters. The zero-order valence-corrected chi connectivity index (χ0v) is 11.6. The number of aromatic amines is 1. The minimum Gasteiger partial charge on any atom is -0.354 e. The van der Waals surface area contributed by atoms with Crippen molar-refractivity contribution >= 4 is 17.0 Å². The molecule has 2 N–H and O–H groups in total. The van der Waals surface area contributed by atoms with Gasteiger partial charge >= 0.3 is 0 Å². The summed E-state index contributed by atoms with van der Waals surface area (Å²) in [4.78, 5) is 12.6. The molecule has 0 aliphatic carbocycles. The van der Waals surface area contributed by atoms with Gasteiger partial charge in [-0.05, 0) is 26.2 Å². The lowest BCUT2D eigenvalue weighted by Crippen LogP contribution is -2.52. The molecule has 0 spiro atoms. The van der Waals surface area contributed by atoms with Crippen LogP contribution < -0.4 is 5.32 Å². The summed E-state index contributed by atoms with van der Waals surface area (Å²) in [7, 11) is 4.37. The minimum absolute atomic E-state index is 0.534. The van der Waals surface area contributed by atoms with E-state index in [0.29, 0.717) is 6.04 Å². The molecule has 5 nitrogen and oxygen atoms in total. The van der Waals surface area contributed by atoms with Crippen LogP contribution in [0.25, 0.3) is 11.0 Å². The molecule has 1 atom stereocenters. The first kappa shape index (κ1) is 12.4. The van der Waals surface area contributed by atoms with Crippen LogP contribution in [-0.4, -0.2) is 66.1 Å². The number of nitrogens with one attached hydrogen (secondary N) is 2. The van der Waals surface area contributed by atoms with Gasteiger partial charge in [-0.1, -0.05) is 12.1 Å². The third-order valence-electron chi connectivity index (χ3n) is 3.87. The Labute approximate surface area is 113 Å². The van der Waals surface area contributed by atoms with Crippen molar-refractivity contribution in [2.24, 2.45) is 0 Å². The first-order chi connectivity index (χ1) is 9.22. The Kier molecular flexibility index (Phi) is 3.40. The summed E-state index contributed by atoms with van der Waals surface area (Å²) < 4.78 is 0. The number of fused-ring (bicyclic) bond motifs is 1. The van der Waals surface area contributed by atoms with Gasteiger partial charge in [0.05, 0.1) is 11.0 Å². The topological polar surface area (TPSA) is 47.2 Å². The Hall–Kier alpha value is -1.59. The Bertz CT molecular complexity index is 517. The molecule has 1 aliphatic heterocycles. The Morgan fingerprint density at radius 3 is 3.00 bits per heavy atom. The normalized spacial score (nSPS) is 21.9. The third-order valence-corrected chi connectivity index (χ3v) is 3.87. The number of para-hydroxylation sites is 2. The Morgan fingerprint density at radius 2 is 2.16 bits per heavy atom. The number of benzene rings is 1. The summed E-state index contributed by atoms with van der Waals surface area (Å²) in [5.41, 5.74) is 2.10. The molecule has 1 fully saturated rings. The number of likely N-dealkylation sites (N-methyl/N-ethyl adjacent to an activating group) is 2. The van der Waals surface area contributed by atoms with E-state index >= 15 is 0 Å². The van der Waals surface area contributed by atoms with Gasteiger partial charge in [-0.3, -0.25) is 4.90 Å². The number of nitrogens with zero attached hydrogens (tertiary/aromatic N) is 3. The second-order valence-corrected chi connectivity index (χ2v) is 5.38. The van der Waals surface area contributed by atoms with Crippen LogP contribution >= 0.6 is 0 Å². The van der Waals surface area contributed by atoms with Gasteiger partial charge in [0.1, 0.15) is 0 Å². The maximum absolute atomic E-state index is 4.54. The molecule has 1 aromatic heterocycles. The maximum atomic E-state index is 4.54. The van der Waals surface area contributed by atoms with Crippen LogP contribution in [0.5, 0.6) is 0 Å². The van der Waals surface area contributed by atoms with Crippen LogP contribution in [0.1, 0.15) is 0 Å². The van der Waals surface area contributed by atoms with E-state index in [-0.39, 0.29) is 0 Å². The monoisotopic (exact) mass is 259 g/mol. The number of aromatic nitrogens is 2. The zero-order valence-electron chi connectivity index (χ0n) is 11.6. The second kappa shape index (κ2) is 5.19. The summed E-state index contributed by atoms with van der Waals surface area (Å²) in [6, 6.07) is 8.64. The molecule has 0 amide bonds. The van der Waals surface area contributed by atoms with Gasteiger partial charge in [0.15, 0.2) is 0 Å². The number of rotatable bonds is 3. The second-order valence-electron chi connectivity index (χ2n) is 5.38. The fourth-order valence-electron chi connectivity index (χ4n) is 2.57. The number of anilines is 1. The lowest BCUT2D eigenvalue weighted by Gasteiger charge is -2.37. The van der Waals surface area contributed by atoms with Crippen LogP contribution in [0.3, 0.4) is 0 Å². The van der Waals surface area contributed by atoms with Crippen LogP contribution in [0.2, 0.25) is 0 Å². The van der Waals surface area contributed by atoms with Crippen molar-refractivity contribution in [3.63, 3.8) is 0 Å². The number of imidazole rings is 1.